The van der Waals surface area contributed by atoms with Crippen LogP contribution in [-0.4, -0.2) is 16.5 Å². The third kappa shape index (κ3) is 3.47. The van der Waals surface area contributed by atoms with Crippen LogP contribution >= 0.6 is 22.2 Å². The summed E-state index contributed by atoms with van der Waals surface area (Å²) >= 11 is 1.83. The fourth-order valence-electron chi connectivity index (χ4n) is 3.61. The van der Waals surface area contributed by atoms with Gasteiger partial charge < -0.3 is 0 Å². The van der Waals surface area contributed by atoms with Gasteiger partial charge in [0.1, 0.15) is 0 Å². The number of aliphatic imine (C=N–C) groups is 1. The van der Waals surface area contributed by atoms with E-state index in [0.717, 1.165) is 23.4 Å². The lowest BCUT2D eigenvalue weighted by Gasteiger charge is -2.27. The Bertz CT molecular complexity index is 1040. The minimum atomic E-state index is -0.275. The van der Waals surface area contributed by atoms with Gasteiger partial charge in [-0.2, -0.15) is 0 Å². The maximum Gasteiger partial charge on any atom is 0.243 e. The molecule has 2 nitrogen and oxygen atoms in total. The van der Waals surface area contributed by atoms with Crippen molar-refractivity contribution >= 4 is 38.7 Å². The van der Waals surface area contributed by atoms with Crippen molar-refractivity contribution in [3.05, 3.63) is 71.8 Å². The van der Waals surface area contributed by atoms with Crippen molar-refractivity contribution in [1.29, 1.82) is 0 Å². The van der Waals surface area contributed by atoms with E-state index in [1.165, 1.54) is 37.7 Å². The molecule has 1 heterocycles. The average molecular weight is 406 g/mol. The molecule has 1 amide bonds. The molecular formula is C24H23NOS2. The van der Waals surface area contributed by atoms with Crippen LogP contribution in [0.4, 0.5) is 0 Å². The molecule has 0 saturated heterocycles. The van der Waals surface area contributed by atoms with Crippen LogP contribution in [-0.2, 0) is 4.79 Å². The first-order valence-electron chi connectivity index (χ1n) is 9.60. The van der Waals surface area contributed by atoms with Gasteiger partial charge in [-0.05, 0) is 60.4 Å². The highest BCUT2D eigenvalue weighted by Gasteiger charge is 2.25. The quantitative estimate of drug-likeness (QED) is 0.445. The lowest BCUT2D eigenvalue weighted by molar-refractivity contribution is -0.115. The summed E-state index contributed by atoms with van der Waals surface area (Å²) < 4.78 is 0. The average Bonchev–Trinajstić information content (AvgIpc) is 2.71. The topological polar surface area (TPSA) is 29.4 Å². The zero-order valence-electron chi connectivity index (χ0n) is 16.4. The molecule has 28 heavy (non-hydrogen) atoms. The van der Waals surface area contributed by atoms with E-state index in [-0.39, 0.29) is 16.4 Å². The van der Waals surface area contributed by atoms with E-state index in [1.54, 1.807) is 0 Å². The van der Waals surface area contributed by atoms with Crippen LogP contribution in [0.3, 0.4) is 0 Å². The number of carbonyl (C=O) groups excluding carboxylic acids is 1. The van der Waals surface area contributed by atoms with E-state index < -0.39 is 0 Å². The van der Waals surface area contributed by atoms with Crippen LogP contribution in [0.2, 0.25) is 0 Å². The molecule has 142 valence electrons. The summed E-state index contributed by atoms with van der Waals surface area (Å²) in [5.41, 5.74) is 3.45. The Morgan fingerprint density at radius 1 is 0.893 bits per heavy atom. The van der Waals surface area contributed by atoms with Gasteiger partial charge >= 0.3 is 0 Å². The monoisotopic (exact) mass is 405 g/mol. The van der Waals surface area contributed by atoms with Crippen molar-refractivity contribution in [2.24, 2.45) is 4.99 Å². The number of benzene rings is 2. The fraction of sp³-hybridized carbons (Fsp3) is 0.208. The summed E-state index contributed by atoms with van der Waals surface area (Å²) in [5.74, 6) is -0.149. The Labute approximate surface area is 173 Å². The summed E-state index contributed by atoms with van der Waals surface area (Å²) in [6.07, 6.45) is 6.36. The largest absolute Gasteiger partial charge is 0.273 e. The minimum absolute atomic E-state index is 0.149. The van der Waals surface area contributed by atoms with Gasteiger partial charge in [0.25, 0.3) is 0 Å². The van der Waals surface area contributed by atoms with Gasteiger partial charge in [0.05, 0.1) is 5.71 Å². The zero-order chi connectivity index (χ0) is 19.7. The van der Waals surface area contributed by atoms with Crippen LogP contribution in [0.25, 0.3) is 0 Å². The van der Waals surface area contributed by atoms with E-state index in [2.05, 4.69) is 79.5 Å². The lowest BCUT2D eigenvalue weighted by atomic mass is 9.93. The minimum Gasteiger partial charge on any atom is -0.273 e. The Kier molecular flexibility index (Phi) is 5.51. The Hall–Kier alpha value is -2.17. The normalized spacial score (nSPS) is 17.7. The molecule has 0 saturated carbocycles. The third-order valence-electron chi connectivity index (χ3n) is 4.90. The van der Waals surface area contributed by atoms with Crippen molar-refractivity contribution in [3.63, 3.8) is 0 Å². The van der Waals surface area contributed by atoms with Gasteiger partial charge in [-0.15, -0.1) is 10.5 Å². The number of carbonyl (C=O) groups is 1. The third-order valence-corrected chi connectivity index (χ3v) is 8.67. The van der Waals surface area contributed by atoms with E-state index >= 15 is 0 Å². The second-order valence-corrected chi connectivity index (χ2v) is 9.74. The van der Waals surface area contributed by atoms with E-state index in [4.69, 9.17) is 0 Å². The summed E-state index contributed by atoms with van der Waals surface area (Å²) in [5, 5.41) is 0. The molecule has 0 bridgehead atoms. The van der Waals surface area contributed by atoms with Crippen molar-refractivity contribution in [2.75, 3.05) is 0 Å². The SMILES string of the molecule is CCC1=CC(=NC(C)=O)C(=S2c3ccccc3Sc3ccccc32)C=C1CC. The maximum atomic E-state index is 11.9. The second kappa shape index (κ2) is 8.06. The number of hydrogen-bond donors (Lipinski definition) is 0. The Morgan fingerprint density at radius 3 is 1.96 bits per heavy atom. The molecule has 2 aliphatic rings. The highest BCUT2D eigenvalue weighted by molar-refractivity contribution is 8.18. The van der Waals surface area contributed by atoms with Gasteiger partial charge in [0.15, 0.2) is 0 Å². The number of nitrogens with zero attached hydrogens (tertiary/aromatic N) is 1. The van der Waals surface area contributed by atoms with E-state index in [0.29, 0.717) is 0 Å². The molecule has 0 aromatic heterocycles. The molecule has 0 spiro atoms. The van der Waals surface area contributed by atoms with Crippen LogP contribution < -0.4 is 0 Å². The molecule has 0 fully saturated rings. The van der Waals surface area contributed by atoms with E-state index in [9.17, 15) is 4.79 Å². The Morgan fingerprint density at radius 2 is 1.43 bits per heavy atom. The molecule has 1 aliphatic carbocycles. The number of hydrogen-bond acceptors (Lipinski definition) is 2. The predicted molar refractivity (Wildman–Crippen MR) is 121 cm³/mol. The van der Waals surface area contributed by atoms with Crippen molar-refractivity contribution in [1.82, 2.24) is 0 Å². The molecule has 4 rings (SSSR count). The van der Waals surface area contributed by atoms with Crippen molar-refractivity contribution < 1.29 is 4.79 Å². The molecule has 2 aromatic rings. The standard InChI is InChI=1S/C24H23NOS2/c1-4-17-14-19(25-16(3)26)24(15-18(17)5-2)28-22-12-8-6-10-20(22)27-21-11-7-9-13-23(21)28/h6-15H,4-5H2,1-3H3. The molecule has 4 heteroatoms. The molecule has 0 atom stereocenters. The van der Waals surface area contributed by atoms with Crippen LogP contribution in [0.1, 0.15) is 33.6 Å². The van der Waals surface area contributed by atoms with Crippen LogP contribution in [0, 0.1) is 0 Å². The molecule has 1 aliphatic heterocycles. The number of rotatable bonds is 2. The van der Waals surface area contributed by atoms with Gasteiger partial charge in [-0.3, -0.25) is 4.79 Å². The van der Waals surface area contributed by atoms with E-state index in [1.807, 2.05) is 11.8 Å². The molecular weight excluding hydrogens is 382 g/mol. The predicted octanol–water partition coefficient (Wildman–Crippen LogP) is 6.68. The van der Waals surface area contributed by atoms with Gasteiger partial charge in [-0.1, -0.05) is 49.9 Å². The number of fused-ring (bicyclic) bond motifs is 2. The first-order chi connectivity index (χ1) is 13.6. The van der Waals surface area contributed by atoms with Gasteiger partial charge in [0.2, 0.25) is 5.91 Å². The van der Waals surface area contributed by atoms with Gasteiger partial charge in [-0.25, -0.2) is 4.99 Å². The summed E-state index contributed by atoms with van der Waals surface area (Å²) in [4.78, 5) is 22.7. The lowest BCUT2D eigenvalue weighted by Crippen LogP contribution is -2.18. The molecule has 2 aromatic carbocycles. The Balaban J connectivity index is 2.08. The smallest absolute Gasteiger partial charge is 0.243 e. The van der Waals surface area contributed by atoms with Crippen molar-refractivity contribution in [3.8, 4) is 0 Å². The summed E-state index contributed by atoms with van der Waals surface area (Å²) in [7, 11) is -0.275. The first-order valence-corrected chi connectivity index (χ1v) is 11.6. The summed E-state index contributed by atoms with van der Waals surface area (Å²) in [6, 6.07) is 17.2. The van der Waals surface area contributed by atoms with Crippen molar-refractivity contribution in [2.45, 2.75) is 53.2 Å². The maximum absolute atomic E-state index is 11.9. The highest BCUT2D eigenvalue weighted by atomic mass is 32.2. The number of allylic oxidation sites excluding steroid dienone is 4. The van der Waals surface area contributed by atoms with Gasteiger partial charge in [0, 0.05) is 31.4 Å². The van der Waals surface area contributed by atoms with Crippen LogP contribution in [0.15, 0.2) is 96.4 Å². The molecule has 0 radical (unpaired) electrons. The zero-order valence-corrected chi connectivity index (χ0v) is 18.0. The van der Waals surface area contributed by atoms with Crippen LogP contribution in [0.5, 0.6) is 0 Å². The molecule has 0 N–H and O–H groups in total. The first kappa shape index (κ1) is 19.2. The highest BCUT2D eigenvalue weighted by Crippen LogP contribution is 2.53. The fourth-order valence-corrected chi connectivity index (χ4v) is 7.48. The summed E-state index contributed by atoms with van der Waals surface area (Å²) in [6.45, 7) is 5.89. The second-order valence-electron chi connectivity index (χ2n) is 6.73. The number of amides is 1. The molecule has 0 unspecified atom stereocenters.